The van der Waals surface area contributed by atoms with Crippen molar-refractivity contribution in [3.8, 4) is 11.4 Å². The first kappa shape index (κ1) is 22.7. The molecule has 172 valence electrons. The number of hydrogen-bond donors (Lipinski definition) is 2. The molecule has 0 aliphatic carbocycles. The number of hydrogen-bond acceptors (Lipinski definition) is 8. The Morgan fingerprint density at radius 1 is 1.09 bits per heavy atom. The molecule has 0 bridgehead atoms. The minimum absolute atomic E-state index is 0.0379. The van der Waals surface area contributed by atoms with Crippen molar-refractivity contribution in [1.29, 1.82) is 0 Å². The first-order valence-corrected chi connectivity index (χ1v) is 11.2. The van der Waals surface area contributed by atoms with Gasteiger partial charge >= 0.3 is 0 Å². The van der Waals surface area contributed by atoms with Crippen LogP contribution >= 0.6 is 11.8 Å². The molecule has 1 aromatic heterocycles. The third-order valence-corrected chi connectivity index (χ3v) is 5.96. The second kappa shape index (κ2) is 10.4. The van der Waals surface area contributed by atoms with Gasteiger partial charge in [-0.15, -0.1) is 5.10 Å². The van der Waals surface area contributed by atoms with Crippen molar-refractivity contribution < 1.29 is 19.1 Å². The van der Waals surface area contributed by atoms with Gasteiger partial charge in [0.1, 0.15) is 11.6 Å². The maximum absolute atomic E-state index is 13.2. The number of tetrazole rings is 1. The molecule has 10 nitrogen and oxygen atoms in total. The van der Waals surface area contributed by atoms with Crippen LogP contribution in [0.1, 0.15) is 0 Å². The van der Waals surface area contributed by atoms with Crippen LogP contribution < -0.4 is 5.32 Å². The molecule has 0 radical (unpaired) electrons. The van der Waals surface area contributed by atoms with Crippen molar-refractivity contribution in [2.75, 3.05) is 43.8 Å². The van der Waals surface area contributed by atoms with E-state index < -0.39 is 5.82 Å². The fraction of sp³-hybridized carbons (Fsp3) is 0.286. The van der Waals surface area contributed by atoms with E-state index in [2.05, 4.69) is 20.8 Å². The summed E-state index contributed by atoms with van der Waals surface area (Å²) in [7, 11) is 0. The number of nitrogens with zero attached hydrogens (tertiary/aromatic N) is 6. The van der Waals surface area contributed by atoms with Gasteiger partial charge < -0.3 is 15.3 Å². The van der Waals surface area contributed by atoms with E-state index in [4.69, 9.17) is 0 Å². The number of halogens is 1. The first-order chi connectivity index (χ1) is 16.0. The number of amides is 2. The molecule has 2 heterocycles. The molecule has 2 amide bonds. The normalized spacial score (nSPS) is 14.3. The molecule has 1 fully saturated rings. The van der Waals surface area contributed by atoms with Crippen LogP contribution in [0.2, 0.25) is 0 Å². The van der Waals surface area contributed by atoms with E-state index in [1.807, 2.05) is 4.90 Å². The predicted molar refractivity (Wildman–Crippen MR) is 120 cm³/mol. The lowest BCUT2D eigenvalue weighted by molar-refractivity contribution is -0.130. The topological polar surface area (TPSA) is 116 Å². The van der Waals surface area contributed by atoms with Gasteiger partial charge in [-0.3, -0.25) is 14.5 Å². The number of phenolic OH excluding ortho intramolecular Hbond substituents is 1. The molecule has 4 rings (SSSR count). The van der Waals surface area contributed by atoms with Crippen LogP contribution in [0.15, 0.2) is 53.7 Å². The van der Waals surface area contributed by atoms with Crippen molar-refractivity contribution in [2.24, 2.45) is 0 Å². The number of rotatable bonds is 7. The van der Waals surface area contributed by atoms with Gasteiger partial charge in [0, 0.05) is 31.9 Å². The third kappa shape index (κ3) is 6.05. The van der Waals surface area contributed by atoms with E-state index in [0.717, 1.165) is 0 Å². The number of carbonyl (C=O) groups excluding carboxylic acids is 2. The van der Waals surface area contributed by atoms with Gasteiger partial charge in [0.25, 0.3) is 0 Å². The Balaban J connectivity index is 1.23. The van der Waals surface area contributed by atoms with Crippen LogP contribution in [0.25, 0.3) is 5.69 Å². The molecule has 0 spiro atoms. The van der Waals surface area contributed by atoms with Crippen LogP contribution in [0.4, 0.5) is 10.1 Å². The molecule has 2 aromatic carbocycles. The number of aromatic nitrogens is 4. The van der Waals surface area contributed by atoms with Gasteiger partial charge in [-0.05, 0) is 52.9 Å². The van der Waals surface area contributed by atoms with E-state index in [0.29, 0.717) is 42.7 Å². The number of nitrogens with one attached hydrogen (secondary N) is 1. The summed E-state index contributed by atoms with van der Waals surface area (Å²) in [5.41, 5.74) is 1.10. The second-order valence-corrected chi connectivity index (χ2v) is 8.34. The molecule has 3 aromatic rings. The van der Waals surface area contributed by atoms with Crippen LogP contribution in [0.5, 0.6) is 5.75 Å². The zero-order chi connectivity index (χ0) is 23.2. The van der Waals surface area contributed by atoms with Crippen molar-refractivity contribution >= 4 is 29.3 Å². The van der Waals surface area contributed by atoms with E-state index in [1.165, 1.54) is 46.8 Å². The number of benzene rings is 2. The molecule has 33 heavy (non-hydrogen) atoms. The molecule has 12 heteroatoms. The fourth-order valence-electron chi connectivity index (χ4n) is 3.37. The third-order valence-electron chi connectivity index (χ3n) is 5.06. The number of piperazine rings is 1. The lowest BCUT2D eigenvalue weighted by atomic mass is 10.3. The first-order valence-electron chi connectivity index (χ1n) is 10.2. The van der Waals surface area contributed by atoms with Crippen LogP contribution in [-0.2, 0) is 9.59 Å². The quantitative estimate of drug-likeness (QED) is 0.497. The number of anilines is 1. The van der Waals surface area contributed by atoms with Crippen molar-refractivity contribution in [3.05, 3.63) is 54.3 Å². The highest BCUT2D eigenvalue weighted by atomic mass is 32.2. The van der Waals surface area contributed by atoms with E-state index >= 15 is 0 Å². The Morgan fingerprint density at radius 3 is 2.58 bits per heavy atom. The van der Waals surface area contributed by atoms with Crippen LogP contribution in [-0.4, -0.2) is 85.4 Å². The van der Waals surface area contributed by atoms with Gasteiger partial charge in [-0.1, -0.05) is 17.8 Å². The highest BCUT2D eigenvalue weighted by molar-refractivity contribution is 7.99. The predicted octanol–water partition coefficient (Wildman–Crippen LogP) is 1.38. The maximum Gasteiger partial charge on any atom is 0.238 e. The molecule has 2 N–H and O–H groups in total. The largest absolute Gasteiger partial charge is 0.508 e. The monoisotopic (exact) mass is 471 g/mol. The van der Waals surface area contributed by atoms with Crippen molar-refractivity contribution in [1.82, 2.24) is 30.0 Å². The molecule has 0 saturated carbocycles. The summed E-state index contributed by atoms with van der Waals surface area (Å²) in [4.78, 5) is 28.6. The van der Waals surface area contributed by atoms with Gasteiger partial charge in [-0.25, -0.2) is 4.39 Å². The maximum atomic E-state index is 13.2. The molecule has 1 aliphatic rings. The number of carbonyl (C=O) groups is 2. The standard InChI is InChI=1S/C21H22FN7O3S/c22-15-2-1-3-16(12-15)23-19(31)13-27-8-10-28(11-9-27)20(32)14-33-21-24-25-26-29(21)17-4-6-18(30)7-5-17/h1-7,12,30H,8-11,13-14H2,(H,23,31). The van der Waals surface area contributed by atoms with Gasteiger partial charge in [0.05, 0.1) is 18.0 Å². The number of phenols is 1. The lowest BCUT2D eigenvalue weighted by Crippen LogP contribution is -2.50. The molecule has 0 unspecified atom stereocenters. The molecule has 1 saturated heterocycles. The summed E-state index contributed by atoms with van der Waals surface area (Å²) < 4.78 is 14.8. The summed E-state index contributed by atoms with van der Waals surface area (Å²) in [6.07, 6.45) is 0. The summed E-state index contributed by atoms with van der Waals surface area (Å²) in [6.45, 7) is 2.33. The average molecular weight is 472 g/mol. The highest BCUT2D eigenvalue weighted by Crippen LogP contribution is 2.20. The molecule has 0 atom stereocenters. The van der Waals surface area contributed by atoms with Crippen molar-refractivity contribution in [3.63, 3.8) is 0 Å². The second-order valence-electron chi connectivity index (χ2n) is 7.39. The molecular weight excluding hydrogens is 449 g/mol. The van der Waals surface area contributed by atoms with Crippen LogP contribution in [0.3, 0.4) is 0 Å². The van der Waals surface area contributed by atoms with E-state index in [-0.39, 0.29) is 29.9 Å². The molecular formula is C21H22FN7O3S. The Bertz CT molecular complexity index is 1120. The van der Waals surface area contributed by atoms with Gasteiger partial charge in [0.15, 0.2) is 0 Å². The Hall–Kier alpha value is -3.51. The zero-order valence-electron chi connectivity index (χ0n) is 17.6. The number of aromatic hydroxyl groups is 1. The van der Waals surface area contributed by atoms with Crippen molar-refractivity contribution in [2.45, 2.75) is 5.16 Å². The van der Waals surface area contributed by atoms with Gasteiger partial charge in [0.2, 0.25) is 17.0 Å². The van der Waals surface area contributed by atoms with Crippen LogP contribution in [0, 0.1) is 5.82 Å². The lowest BCUT2D eigenvalue weighted by Gasteiger charge is -2.34. The summed E-state index contributed by atoms with van der Waals surface area (Å²) in [5, 5.41) is 24.2. The zero-order valence-corrected chi connectivity index (χ0v) is 18.4. The van der Waals surface area contributed by atoms with E-state index in [9.17, 15) is 19.1 Å². The summed E-state index contributed by atoms with van der Waals surface area (Å²) in [5.74, 6) is -0.351. The van der Waals surface area contributed by atoms with Gasteiger partial charge in [-0.2, -0.15) is 4.68 Å². The Kier molecular flexibility index (Phi) is 7.15. The smallest absolute Gasteiger partial charge is 0.238 e. The minimum atomic E-state index is -0.408. The Morgan fingerprint density at radius 2 is 1.85 bits per heavy atom. The van der Waals surface area contributed by atoms with E-state index in [1.54, 1.807) is 23.1 Å². The molecule has 1 aliphatic heterocycles. The summed E-state index contributed by atoms with van der Waals surface area (Å²) >= 11 is 1.23. The summed E-state index contributed by atoms with van der Waals surface area (Å²) in [6, 6.07) is 12.2. The fourth-order valence-corrected chi connectivity index (χ4v) is 4.16. The number of thioether (sulfide) groups is 1. The SMILES string of the molecule is O=C(CN1CCN(C(=O)CSc2nnnn2-c2ccc(O)cc2)CC1)Nc1cccc(F)c1. The highest BCUT2D eigenvalue weighted by Gasteiger charge is 2.23. The minimum Gasteiger partial charge on any atom is -0.508 e. The Labute approximate surface area is 193 Å². The average Bonchev–Trinajstić information content (AvgIpc) is 3.27.